The number of methoxy groups -OCH3 is 2. The number of ether oxygens (including phenoxy) is 3. The van der Waals surface area contributed by atoms with Crippen molar-refractivity contribution in [3.05, 3.63) is 38.7 Å². The van der Waals surface area contributed by atoms with Gasteiger partial charge in [-0.15, -0.1) is 0 Å². The molecule has 0 aromatic carbocycles. The van der Waals surface area contributed by atoms with Crippen molar-refractivity contribution in [3.63, 3.8) is 0 Å². The summed E-state index contributed by atoms with van der Waals surface area (Å²) in [6, 6.07) is 0. The van der Waals surface area contributed by atoms with Gasteiger partial charge in [0, 0.05) is 57.9 Å². The Kier molecular flexibility index (Phi) is 9.48. The zero-order valence-corrected chi connectivity index (χ0v) is 24.1. The van der Waals surface area contributed by atoms with Crippen molar-refractivity contribution in [1.82, 2.24) is 19.5 Å². The SMILES string of the molecule is CCO[C@H]1CN(c2nc(-c3nccn3CCOC)c(C(=O)OC)s2)CC[C@H]1CC(=O)c1[nH]c(C)c(Cl)c1Cl. The van der Waals surface area contributed by atoms with Gasteiger partial charge in [0.05, 0.1) is 29.9 Å². The predicted molar refractivity (Wildman–Crippen MR) is 147 cm³/mol. The van der Waals surface area contributed by atoms with E-state index in [-0.39, 0.29) is 29.2 Å². The van der Waals surface area contributed by atoms with Gasteiger partial charge in [0.1, 0.15) is 16.3 Å². The van der Waals surface area contributed by atoms with E-state index in [1.54, 1.807) is 20.2 Å². The summed E-state index contributed by atoms with van der Waals surface area (Å²) in [6.45, 7) is 6.45. The number of carbonyl (C=O) groups excluding carboxylic acids is 2. The summed E-state index contributed by atoms with van der Waals surface area (Å²) in [5.41, 5.74) is 1.47. The number of aromatic amines is 1. The number of imidazole rings is 1. The third-order valence-corrected chi connectivity index (χ3v) is 8.62. The van der Waals surface area contributed by atoms with Gasteiger partial charge in [0.15, 0.2) is 16.7 Å². The lowest BCUT2D eigenvalue weighted by molar-refractivity contribution is 0.0103. The second-order valence-electron chi connectivity index (χ2n) is 8.97. The van der Waals surface area contributed by atoms with Crippen LogP contribution in [0.5, 0.6) is 0 Å². The van der Waals surface area contributed by atoms with Crippen LogP contribution in [0.4, 0.5) is 5.13 Å². The molecule has 1 N–H and O–H groups in total. The van der Waals surface area contributed by atoms with Crippen molar-refractivity contribution in [1.29, 1.82) is 0 Å². The van der Waals surface area contributed by atoms with Crippen molar-refractivity contribution < 1.29 is 23.8 Å². The molecule has 0 radical (unpaired) electrons. The van der Waals surface area contributed by atoms with Crippen molar-refractivity contribution in [2.75, 3.05) is 45.4 Å². The van der Waals surface area contributed by atoms with Crippen molar-refractivity contribution in [2.45, 2.75) is 39.3 Å². The number of thiazole rings is 1. The summed E-state index contributed by atoms with van der Waals surface area (Å²) in [6.07, 6.45) is 4.27. The Balaban J connectivity index is 1.56. The minimum Gasteiger partial charge on any atom is -0.465 e. The van der Waals surface area contributed by atoms with Crippen LogP contribution in [0.3, 0.4) is 0 Å². The van der Waals surface area contributed by atoms with Crippen molar-refractivity contribution >= 4 is 51.4 Å². The average molecular weight is 585 g/mol. The first-order chi connectivity index (χ1) is 18.3. The first-order valence-electron chi connectivity index (χ1n) is 12.3. The summed E-state index contributed by atoms with van der Waals surface area (Å²) >= 11 is 13.7. The summed E-state index contributed by atoms with van der Waals surface area (Å²) in [5.74, 6) is -0.00241. The van der Waals surface area contributed by atoms with Gasteiger partial charge in [-0.1, -0.05) is 34.5 Å². The normalized spacial score (nSPS) is 17.7. The summed E-state index contributed by atoms with van der Waals surface area (Å²) < 4.78 is 18.2. The maximum Gasteiger partial charge on any atom is 0.350 e. The van der Waals surface area contributed by atoms with Crippen LogP contribution in [-0.2, 0) is 20.8 Å². The Morgan fingerprint density at radius 3 is 2.71 bits per heavy atom. The molecule has 10 nitrogen and oxygen atoms in total. The number of halogens is 2. The number of hydrogen-bond acceptors (Lipinski definition) is 9. The number of piperidine rings is 1. The van der Waals surface area contributed by atoms with Crippen molar-refractivity contribution in [3.8, 4) is 11.5 Å². The van der Waals surface area contributed by atoms with Gasteiger partial charge in [0.2, 0.25) is 0 Å². The van der Waals surface area contributed by atoms with Crippen molar-refractivity contribution in [2.24, 2.45) is 5.92 Å². The van der Waals surface area contributed by atoms with Gasteiger partial charge in [-0.2, -0.15) is 0 Å². The number of nitrogens with zero attached hydrogens (tertiary/aromatic N) is 4. The van der Waals surface area contributed by atoms with E-state index in [2.05, 4.69) is 14.9 Å². The molecule has 206 valence electrons. The van der Waals surface area contributed by atoms with E-state index in [1.807, 2.05) is 17.7 Å². The molecule has 2 atom stereocenters. The van der Waals surface area contributed by atoms with Crippen LogP contribution in [0.15, 0.2) is 12.4 Å². The molecule has 4 heterocycles. The molecule has 0 spiro atoms. The molecule has 0 saturated carbocycles. The summed E-state index contributed by atoms with van der Waals surface area (Å²) in [5, 5.41) is 1.30. The zero-order valence-electron chi connectivity index (χ0n) is 21.8. The van der Waals surface area contributed by atoms with Crippen LogP contribution in [0.25, 0.3) is 11.5 Å². The number of ketones is 1. The second-order valence-corrected chi connectivity index (χ2v) is 10.7. The van der Waals surface area contributed by atoms with Crippen LogP contribution in [0.1, 0.15) is 45.6 Å². The lowest BCUT2D eigenvalue weighted by Crippen LogP contribution is -2.46. The molecule has 1 saturated heterocycles. The van der Waals surface area contributed by atoms with E-state index >= 15 is 0 Å². The maximum atomic E-state index is 13.1. The highest BCUT2D eigenvalue weighted by molar-refractivity contribution is 7.17. The average Bonchev–Trinajstić information content (AvgIpc) is 3.62. The fourth-order valence-electron chi connectivity index (χ4n) is 4.60. The largest absolute Gasteiger partial charge is 0.465 e. The van der Waals surface area contributed by atoms with Gasteiger partial charge in [-0.25, -0.2) is 14.8 Å². The predicted octanol–water partition coefficient (Wildman–Crippen LogP) is 4.89. The van der Waals surface area contributed by atoms with Crippen LogP contribution >= 0.6 is 34.5 Å². The van der Waals surface area contributed by atoms with E-state index in [0.717, 1.165) is 0 Å². The van der Waals surface area contributed by atoms with Crippen LogP contribution in [0, 0.1) is 12.8 Å². The molecule has 0 amide bonds. The number of nitrogens with one attached hydrogen (secondary N) is 1. The molecule has 0 aliphatic carbocycles. The molecule has 1 fully saturated rings. The van der Waals surface area contributed by atoms with E-state index < -0.39 is 5.97 Å². The molecule has 0 unspecified atom stereocenters. The third-order valence-electron chi connectivity index (χ3n) is 6.58. The number of aryl methyl sites for hydroxylation is 1. The summed E-state index contributed by atoms with van der Waals surface area (Å²) in [7, 11) is 2.98. The summed E-state index contributed by atoms with van der Waals surface area (Å²) in [4.78, 5) is 40.5. The molecular formula is C25H31Cl2N5O5S. The number of Topliss-reactive ketones (excluding diaryl/α,β-unsaturated/α-hetero) is 1. The number of rotatable bonds is 11. The monoisotopic (exact) mass is 583 g/mol. The Labute approximate surface area is 235 Å². The van der Waals surface area contributed by atoms with Crippen LogP contribution in [0.2, 0.25) is 10.0 Å². The fraction of sp³-hybridized carbons (Fsp3) is 0.520. The molecule has 4 rings (SSSR count). The first kappa shape index (κ1) is 28.6. The quantitative estimate of drug-likeness (QED) is 0.251. The number of esters is 1. The number of H-pyrrole nitrogens is 1. The van der Waals surface area contributed by atoms with Gasteiger partial charge in [-0.05, 0) is 26.2 Å². The number of anilines is 1. The fourth-order valence-corrected chi connectivity index (χ4v) is 6.05. The Morgan fingerprint density at radius 1 is 1.26 bits per heavy atom. The van der Waals surface area contributed by atoms with E-state index in [9.17, 15) is 9.59 Å². The molecule has 1 aliphatic heterocycles. The smallest absolute Gasteiger partial charge is 0.350 e. The molecular weight excluding hydrogens is 553 g/mol. The molecule has 1 aliphatic rings. The Bertz CT molecular complexity index is 1290. The van der Waals surface area contributed by atoms with E-state index in [1.165, 1.54) is 18.4 Å². The van der Waals surface area contributed by atoms with E-state index in [4.69, 9.17) is 42.4 Å². The Hall–Kier alpha value is -2.44. The zero-order chi connectivity index (χ0) is 27.4. The molecule has 38 heavy (non-hydrogen) atoms. The van der Waals surface area contributed by atoms with E-state index in [0.29, 0.717) is 77.2 Å². The highest BCUT2D eigenvalue weighted by Gasteiger charge is 2.35. The minimum atomic E-state index is -0.469. The molecule has 3 aromatic heterocycles. The van der Waals surface area contributed by atoms with Gasteiger partial charge in [0.25, 0.3) is 0 Å². The Morgan fingerprint density at radius 2 is 2.05 bits per heavy atom. The topological polar surface area (TPSA) is 112 Å². The lowest BCUT2D eigenvalue weighted by atomic mass is 9.88. The lowest BCUT2D eigenvalue weighted by Gasteiger charge is -2.38. The second kappa shape index (κ2) is 12.6. The standard InChI is InChI=1S/C25H31Cl2N5O5S/c1-5-37-17-13-32(8-6-15(17)12-16(33)20-19(27)18(26)14(2)29-20)25-30-21(22(38-25)24(34)36-4)23-28-7-9-31(23)10-11-35-3/h7,9,15,17,29H,5-6,8,10-13H2,1-4H3/t15-,17-/m0/s1. The number of aromatic nitrogens is 4. The van der Waals surface area contributed by atoms with Crippen LogP contribution < -0.4 is 4.90 Å². The molecule has 3 aromatic rings. The van der Waals surface area contributed by atoms with Gasteiger partial charge in [-0.3, -0.25) is 4.79 Å². The van der Waals surface area contributed by atoms with Gasteiger partial charge < -0.3 is 28.7 Å². The maximum absolute atomic E-state index is 13.1. The van der Waals surface area contributed by atoms with Gasteiger partial charge >= 0.3 is 5.97 Å². The number of carbonyl (C=O) groups is 2. The highest BCUT2D eigenvalue weighted by Crippen LogP contribution is 2.37. The number of hydrogen-bond donors (Lipinski definition) is 1. The minimum absolute atomic E-state index is 0.00963. The first-order valence-corrected chi connectivity index (χ1v) is 13.9. The van der Waals surface area contributed by atoms with Crippen LogP contribution in [-0.4, -0.2) is 77.9 Å². The molecule has 13 heteroatoms. The molecule has 0 bridgehead atoms. The third kappa shape index (κ3) is 5.91. The highest BCUT2D eigenvalue weighted by atomic mass is 35.5.